The minimum absolute atomic E-state index is 0.0272. The lowest BCUT2D eigenvalue weighted by molar-refractivity contribution is -0.122. The molecule has 1 saturated carbocycles. The molecule has 1 aliphatic carbocycles. The second-order valence-electron chi connectivity index (χ2n) is 12.7. The fourth-order valence-electron chi connectivity index (χ4n) is 6.28. The van der Waals surface area contributed by atoms with E-state index in [1.165, 1.54) is 4.31 Å². The number of aryl methyl sites for hydroxylation is 2. The number of sulfonamides is 1. The molecule has 5 rings (SSSR count). The number of amides is 1. The number of nitrogens with zero attached hydrogens (tertiary/aromatic N) is 2. The average molecular weight is 627 g/mol. The maximum Gasteiger partial charge on any atom is 0.290 e. The van der Waals surface area contributed by atoms with Gasteiger partial charge >= 0.3 is 0 Å². The van der Waals surface area contributed by atoms with Crippen LogP contribution in [0.4, 0.5) is 5.69 Å². The van der Waals surface area contributed by atoms with Crippen LogP contribution in [0.25, 0.3) is 10.9 Å². The molecule has 1 aromatic heterocycles. The molecule has 0 bridgehead atoms. The lowest BCUT2D eigenvalue weighted by Gasteiger charge is -2.35. The number of aromatic nitrogens is 1. The average Bonchev–Trinajstić information content (AvgIpc) is 3.32. The number of aliphatic hydroxyl groups excluding tert-OH is 1. The van der Waals surface area contributed by atoms with Crippen LogP contribution in [0, 0.1) is 5.41 Å². The molecule has 240 valence electrons. The van der Waals surface area contributed by atoms with Crippen molar-refractivity contribution in [3.8, 4) is 0 Å². The van der Waals surface area contributed by atoms with E-state index >= 15 is 0 Å². The first-order valence-corrected chi connectivity index (χ1v) is 17.0. The molecule has 1 amide bonds. The van der Waals surface area contributed by atoms with E-state index in [4.69, 9.17) is 9.90 Å². The highest BCUT2D eigenvalue weighted by atomic mass is 32.2. The van der Waals surface area contributed by atoms with Gasteiger partial charge in [-0.05, 0) is 74.1 Å². The Bertz CT molecular complexity index is 1540. The zero-order valence-corrected chi connectivity index (χ0v) is 26.9. The predicted molar refractivity (Wildman–Crippen MR) is 174 cm³/mol. The first-order chi connectivity index (χ1) is 20.9. The summed E-state index contributed by atoms with van der Waals surface area (Å²) >= 11 is 0. The number of anilines is 1. The molecule has 3 aromatic rings. The highest BCUT2D eigenvalue weighted by molar-refractivity contribution is 7.92. The quantitative estimate of drug-likeness (QED) is 0.264. The van der Waals surface area contributed by atoms with Gasteiger partial charge in [-0.25, -0.2) is 8.42 Å². The zero-order valence-electron chi connectivity index (χ0n) is 26.1. The van der Waals surface area contributed by atoms with Crippen molar-refractivity contribution in [3.63, 3.8) is 0 Å². The molecular weight excluding hydrogens is 580 g/mol. The Kier molecular flexibility index (Phi) is 10.8. The molecule has 0 unspecified atom stereocenters. The molecule has 10 nitrogen and oxygen atoms in total. The van der Waals surface area contributed by atoms with Crippen LogP contribution in [0.1, 0.15) is 67.9 Å². The molecule has 1 fully saturated rings. The first kappa shape index (κ1) is 33.5. The van der Waals surface area contributed by atoms with Crippen LogP contribution < -0.4 is 14.9 Å². The molecule has 44 heavy (non-hydrogen) atoms. The van der Waals surface area contributed by atoms with Crippen LogP contribution in [0.2, 0.25) is 0 Å². The Balaban J connectivity index is 0.00000141. The SMILES string of the molecule is CCn1cc2c3c(cc(C(=O)N[C@@H](Cc4ccccc4)[C@H](O)CNC4CCC(C)(C)CC4)cc31)N(C)S(=O)(=O)CC2.O=CO. The minimum atomic E-state index is -3.50. The van der Waals surface area contributed by atoms with E-state index in [9.17, 15) is 18.3 Å². The predicted octanol–water partition coefficient (Wildman–Crippen LogP) is 3.94. The summed E-state index contributed by atoms with van der Waals surface area (Å²) in [5.74, 6) is -0.303. The topological polar surface area (TPSA) is 141 Å². The van der Waals surface area contributed by atoms with Gasteiger partial charge < -0.3 is 25.4 Å². The summed E-state index contributed by atoms with van der Waals surface area (Å²) in [6, 6.07) is 13.2. The van der Waals surface area contributed by atoms with E-state index < -0.39 is 22.2 Å². The van der Waals surface area contributed by atoms with Gasteiger partial charge in [-0.3, -0.25) is 13.9 Å². The van der Waals surface area contributed by atoms with Crippen molar-refractivity contribution in [1.29, 1.82) is 0 Å². The van der Waals surface area contributed by atoms with Crippen molar-refractivity contribution in [1.82, 2.24) is 15.2 Å². The number of carbonyl (C=O) groups is 2. The van der Waals surface area contributed by atoms with Crippen molar-refractivity contribution < 1.29 is 28.2 Å². The summed E-state index contributed by atoms with van der Waals surface area (Å²) in [6.45, 7) is 7.49. The van der Waals surface area contributed by atoms with E-state index in [1.54, 1.807) is 13.1 Å². The third-order valence-corrected chi connectivity index (χ3v) is 10.8. The van der Waals surface area contributed by atoms with E-state index in [0.717, 1.165) is 47.7 Å². The highest BCUT2D eigenvalue weighted by Crippen LogP contribution is 2.37. The molecule has 1 aliphatic heterocycles. The summed E-state index contributed by atoms with van der Waals surface area (Å²) in [4.78, 5) is 22.2. The Morgan fingerprint density at radius 3 is 2.45 bits per heavy atom. The molecule has 0 radical (unpaired) electrons. The largest absolute Gasteiger partial charge is 0.483 e. The van der Waals surface area contributed by atoms with Crippen molar-refractivity contribution >= 4 is 39.0 Å². The maximum absolute atomic E-state index is 13.8. The van der Waals surface area contributed by atoms with Crippen LogP contribution in [0.5, 0.6) is 0 Å². The third-order valence-electron chi connectivity index (χ3n) is 9.06. The second-order valence-corrected chi connectivity index (χ2v) is 14.8. The molecule has 2 aliphatic rings. The molecule has 2 heterocycles. The van der Waals surface area contributed by atoms with Crippen molar-refractivity contribution in [2.75, 3.05) is 23.7 Å². The smallest absolute Gasteiger partial charge is 0.290 e. The van der Waals surface area contributed by atoms with Gasteiger partial charge in [0.1, 0.15) is 0 Å². The maximum atomic E-state index is 13.8. The number of rotatable bonds is 9. The molecule has 2 atom stereocenters. The highest BCUT2D eigenvalue weighted by Gasteiger charge is 2.31. The summed E-state index contributed by atoms with van der Waals surface area (Å²) in [6.07, 6.45) is 6.58. The molecule has 4 N–H and O–H groups in total. The summed E-state index contributed by atoms with van der Waals surface area (Å²) in [7, 11) is -1.94. The minimum Gasteiger partial charge on any atom is -0.483 e. The van der Waals surface area contributed by atoms with Gasteiger partial charge in [-0.15, -0.1) is 0 Å². The monoisotopic (exact) mass is 626 g/mol. The van der Waals surface area contributed by atoms with Crippen LogP contribution in [-0.4, -0.2) is 73.1 Å². The van der Waals surface area contributed by atoms with E-state index in [0.29, 0.717) is 48.6 Å². The van der Waals surface area contributed by atoms with Gasteiger partial charge in [0.2, 0.25) is 10.0 Å². The lowest BCUT2D eigenvalue weighted by Crippen LogP contribution is -2.50. The van der Waals surface area contributed by atoms with Gasteiger partial charge in [0, 0.05) is 43.3 Å². The van der Waals surface area contributed by atoms with Crippen LogP contribution in [0.3, 0.4) is 0 Å². The van der Waals surface area contributed by atoms with Gasteiger partial charge in [0.25, 0.3) is 12.4 Å². The molecule has 0 saturated heterocycles. The Morgan fingerprint density at radius 1 is 1.16 bits per heavy atom. The van der Waals surface area contributed by atoms with E-state index in [1.807, 2.05) is 49.5 Å². The molecular formula is C33H46N4O6S. The fourth-order valence-corrected chi connectivity index (χ4v) is 7.48. The standard InChI is InChI=1S/C32H44N4O4S.CH2O2/c1-5-36-21-23-13-16-41(39,40)35(4)27-18-24(19-28(36)30(23)27)31(38)34-26(17-22-9-7-6-8-10-22)29(37)20-33-25-11-14-32(2,3)15-12-25;2-1-3/h6-10,18-19,21,25-26,29,33,37H,5,11-17,20H2,1-4H3,(H,34,38);1H,(H,2,3)/t26-,29+;/m0./s1. The normalized spacial score (nSPS) is 18.9. The first-order valence-electron chi connectivity index (χ1n) is 15.4. The van der Waals surface area contributed by atoms with Gasteiger partial charge in [0.05, 0.1) is 29.1 Å². The van der Waals surface area contributed by atoms with Crippen LogP contribution in [-0.2, 0) is 34.2 Å². The number of nitrogens with one attached hydrogen (secondary N) is 2. The Labute approximate surface area is 260 Å². The van der Waals surface area contributed by atoms with E-state index in [2.05, 4.69) is 29.0 Å². The number of aliphatic hydroxyl groups is 1. The number of carbonyl (C=O) groups excluding carboxylic acids is 1. The zero-order chi connectivity index (χ0) is 32.1. The number of hydrogen-bond acceptors (Lipinski definition) is 6. The van der Waals surface area contributed by atoms with Gasteiger partial charge in [-0.2, -0.15) is 0 Å². The number of carboxylic acid groups (broad SMARTS) is 1. The van der Waals surface area contributed by atoms with E-state index in [-0.39, 0.29) is 18.1 Å². The fraction of sp³-hybridized carbons (Fsp3) is 0.515. The van der Waals surface area contributed by atoms with Crippen molar-refractivity contribution in [2.24, 2.45) is 5.41 Å². The van der Waals surface area contributed by atoms with Crippen molar-refractivity contribution in [2.45, 2.75) is 84.0 Å². The second kappa shape index (κ2) is 14.1. The van der Waals surface area contributed by atoms with Gasteiger partial charge in [0.15, 0.2) is 0 Å². The molecule has 11 heteroatoms. The molecule has 0 spiro atoms. The summed E-state index contributed by atoms with van der Waals surface area (Å²) in [5.41, 5.74) is 4.11. The summed E-state index contributed by atoms with van der Waals surface area (Å²) in [5, 5.41) is 25.8. The Hall–Kier alpha value is -3.41. The summed E-state index contributed by atoms with van der Waals surface area (Å²) < 4.78 is 29.2. The third kappa shape index (κ3) is 7.80. The van der Waals surface area contributed by atoms with Crippen LogP contribution >= 0.6 is 0 Å². The lowest BCUT2D eigenvalue weighted by atomic mass is 9.75. The Morgan fingerprint density at radius 2 is 1.82 bits per heavy atom. The van der Waals surface area contributed by atoms with Crippen molar-refractivity contribution in [3.05, 3.63) is 65.4 Å². The van der Waals surface area contributed by atoms with Crippen LogP contribution in [0.15, 0.2) is 48.7 Å². The van der Waals surface area contributed by atoms with Gasteiger partial charge in [-0.1, -0.05) is 44.2 Å². The molecule has 2 aromatic carbocycles. The number of hydrogen-bond donors (Lipinski definition) is 4. The number of benzene rings is 2.